The number of para-hydroxylation sites is 1. The van der Waals surface area contributed by atoms with Gasteiger partial charge in [0.15, 0.2) is 0 Å². The molecule has 0 saturated carbocycles. The summed E-state index contributed by atoms with van der Waals surface area (Å²) >= 11 is 1.37. The lowest BCUT2D eigenvalue weighted by Crippen LogP contribution is -2.16. The van der Waals surface area contributed by atoms with E-state index in [9.17, 15) is 0 Å². The van der Waals surface area contributed by atoms with Crippen molar-refractivity contribution in [2.75, 3.05) is 12.4 Å². The van der Waals surface area contributed by atoms with E-state index in [4.69, 9.17) is 4.74 Å². The van der Waals surface area contributed by atoms with Gasteiger partial charge in [0.1, 0.15) is 11.6 Å². The number of nitrogens with zero attached hydrogens (tertiary/aromatic N) is 3. The summed E-state index contributed by atoms with van der Waals surface area (Å²) in [5.41, 5.74) is 1.83. The number of aromatic nitrogens is 3. The molecule has 130 valence electrons. The molecule has 0 bridgehead atoms. The lowest BCUT2D eigenvalue weighted by Gasteiger charge is -2.20. The maximum absolute atomic E-state index is 5.54. The molecule has 5 nitrogen and oxygen atoms in total. The zero-order valence-corrected chi connectivity index (χ0v) is 15.7. The Balaban J connectivity index is 1.99. The maximum Gasteiger partial charge on any atom is 0.203 e. The zero-order chi connectivity index (χ0) is 17.9. The van der Waals surface area contributed by atoms with E-state index in [1.807, 2.05) is 42.5 Å². The van der Waals surface area contributed by atoms with Gasteiger partial charge in [-0.3, -0.25) is 4.98 Å². The largest absolute Gasteiger partial charge is 0.496 e. The van der Waals surface area contributed by atoms with E-state index < -0.39 is 0 Å². The molecule has 0 fully saturated rings. The van der Waals surface area contributed by atoms with Gasteiger partial charge in [-0.05, 0) is 18.2 Å². The highest BCUT2D eigenvalue weighted by atomic mass is 32.1. The van der Waals surface area contributed by atoms with Crippen molar-refractivity contribution in [1.82, 2.24) is 14.3 Å². The molecule has 0 saturated heterocycles. The Kier molecular flexibility index (Phi) is 4.99. The molecule has 25 heavy (non-hydrogen) atoms. The third-order valence-electron chi connectivity index (χ3n) is 3.80. The first-order valence-corrected chi connectivity index (χ1v) is 8.91. The summed E-state index contributed by atoms with van der Waals surface area (Å²) in [6.07, 6.45) is 1.79. The van der Waals surface area contributed by atoms with Crippen LogP contribution in [0.2, 0.25) is 0 Å². The van der Waals surface area contributed by atoms with Crippen LogP contribution in [0.3, 0.4) is 0 Å². The lowest BCUT2D eigenvalue weighted by molar-refractivity contribution is 0.408. The van der Waals surface area contributed by atoms with Crippen LogP contribution in [-0.2, 0) is 5.41 Å². The number of rotatable bonds is 5. The summed E-state index contributed by atoms with van der Waals surface area (Å²) in [5.74, 6) is 1.64. The molecule has 1 aromatic carbocycles. The number of ether oxygens (including phenoxy) is 1. The van der Waals surface area contributed by atoms with Crippen LogP contribution < -0.4 is 10.1 Å². The second-order valence-corrected chi connectivity index (χ2v) is 7.50. The van der Waals surface area contributed by atoms with Gasteiger partial charge >= 0.3 is 0 Å². The number of methoxy groups -OCH3 is 1. The third-order valence-corrected chi connectivity index (χ3v) is 4.44. The first-order valence-electron chi connectivity index (χ1n) is 8.13. The molecule has 6 heteroatoms. The van der Waals surface area contributed by atoms with Crippen molar-refractivity contribution in [1.29, 1.82) is 0 Å². The van der Waals surface area contributed by atoms with Crippen LogP contribution in [0.25, 0.3) is 0 Å². The van der Waals surface area contributed by atoms with Gasteiger partial charge in [0.25, 0.3) is 0 Å². The summed E-state index contributed by atoms with van der Waals surface area (Å²) in [6.45, 7) is 6.32. The van der Waals surface area contributed by atoms with Gasteiger partial charge in [-0.15, -0.1) is 0 Å². The average Bonchev–Trinajstić information content (AvgIpc) is 3.09. The van der Waals surface area contributed by atoms with E-state index in [1.165, 1.54) is 11.5 Å². The van der Waals surface area contributed by atoms with Crippen LogP contribution in [0.4, 0.5) is 5.13 Å². The minimum absolute atomic E-state index is 0.0820. The Morgan fingerprint density at radius 3 is 2.48 bits per heavy atom. The first kappa shape index (κ1) is 17.4. The van der Waals surface area contributed by atoms with Crippen molar-refractivity contribution in [2.45, 2.75) is 32.2 Å². The van der Waals surface area contributed by atoms with Crippen LogP contribution in [0.1, 0.15) is 43.9 Å². The smallest absolute Gasteiger partial charge is 0.203 e. The van der Waals surface area contributed by atoms with Gasteiger partial charge in [0.2, 0.25) is 5.13 Å². The quantitative estimate of drug-likeness (QED) is 0.734. The fourth-order valence-electron chi connectivity index (χ4n) is 2.47. The SMILES string of the molecule is COc1ccccc1[C@H](Nc1nc(C(C)(C)C)ns1)c1ccccn1. The van der Waals surface area contributed by atoms with E-state index in [0.717, 1.165) is 28.0 Å². The molecule has 0 radical (unpaired) electrons. The van der Waals surface area contributed by atoms with E-state index in [-0.39, 0.29) is 11.5 Å². The Morgan fingerprint density at radius 2 is 1.84 bits per heavy atom. The maximum atomic E-state index is 5.54. The second kappa shape index (κ2) is 7.19. The van der Waals surface area contributed by atoms with Gasteiger partial charge in [-0.2, -0.15) is 4.37 Å². The van der Waals surface area contributed by atoms with Crippen molar-refractivity contribution in [3.05, 3.63) is 65.7 Å². The first-order chi connectivity index (χ1) is 12.0. The highest BCUT2D eigenvalue weighted by Gasteiger charge is 2.23. The van der Waals surface area contributed by atoms with Gasteiger partial charge in [0, 0.05) is 28.7 Å². The normalized spacial score (nSPS) is 12.6. The number of anilines is 1. The Labute approximate surface area is 152 Å². The van der Waals surface area contributed by atoms with Gasteiger partial charge < -0.3 is 10.1 Å². The summed E-state index contributed by atoms with van der Waals surface area (Å²) in [7, 11) is 1.68. The number of pyridine rings is 1. The number of hydrogen-bond acceptors (Lipinski definition) is 6. The predicted molar refractivity (Wildman–Crippen MR) is 101 cm³/mol. The molecule has 0 aliphatic heterocycles. The van der Waals surface area contributed by atoms with E-state index in [2.05, 4.69) is 40.4 Å². The molecule has 0 aliphatic rings. The molecular formula is C19H22N4OS. The van der Waals surface area contributed by atoms with E-state index in [0.29, 0.717) is 0 Å². The summed E-state index contributed by atoms with van der Waals surface area (Å²) in [4.78, 5) is 9.18. The van der Waals surface area contributed by atoms with Gasteiger partial charge in [0.05, 0.1) is 18.8 Å². The third kappa shape index (κ3) is 3.96. The minimum atomic E-state index is -0.168. The molecule has 0 amide bonds. The fraction of sp³-hybridized carbons (Fsp3) is 0.316. The molecule has 2 aromatic heterocycles. The van der Waals surface area contributed by atoms with Crippen LogP contribution >= 0.6 is 11.5 Å². The molecular weight excluding hydrogens is 332 g/mol. The highest BCUT2D eigenvalue weighted by Crippen LogP contribution is 2.33. The molecule has 1 atom stereocenters. The Morgan fingerprint density at radius 1 is 1.08 bits per heavy atom. The van der Waals surface area contributed by atoms with Crippen LogP contribution in [0, 0.1) is 0 Å². The van der Waals surface area contributed by atoms with Gasteiger partial charge in [-0.25, -0.2) is 4.98 Å². The average molecular weight is 354 g/mol. The van der Waals surface area contributed by atoms with Crippen molar-refractivity contribution >= 4 is 16.7 Å². The second-order valence-electron chi connectivity index (χ2n) is 6.75. The summed E-state index contributed by atoms with van der Waals surface area (Å²) in [5, 5.41) is 4.25. The van der Waals surface area contributed by atoms with Crippen molar-refractivity contribution in [3.8, 4) is 5.75 Å². The lowest BCUT2D eigenvalue weighted by atomic mass is 9.96. The standard InChI is InChI=1S/C19H22N4OS/c1-19(2,3)17-22-18(25-23-17)21-16(14-10-7-8-12-20-14)13-9-5-6-11-15(13)24-4/h5-12,16H,1-4H3,(H,21,22,23)/t16-/m0/s1. The van der Waals surface area contributed by atoms with E-state index >= 15 is 0 Å². The van der Waals surface area contributed by atoms with Crippen LogP contribution in [0.5, 0.6) is 5.75 Å². The molecule has 3 rings (SSSR count). The number of benzene rings is 1. The fourth-order valence-corrected chi connectivity index (χ4v) is 3.26. The molecule has 0 unspecified atom stereocenters. The molecule has 3 aromatic rings. The molecule has 2 heterocycles. The van der Waals surface area contributed by atoms with Crippen molar-refractivity contribution in [3.63, 3.8) is 0 Å². The minimum Gasteiger partial charge on any atom is -0.496 e. The molecule has 1 N–H and O–H groups in total. The predicted octanol–water partition coefficient (Wildman–Crippen LogP) is 4.44. The zero-order valence-electron chi connectivity index (χ0n) is 14.9. The summed E-state index contributed by atoms with van der Waals surface area (Å²) in [6, 6.07) is 13.7. The Bertz CT molecular complexity index is 827. The summed E-state index contributed by atoms with van der Waals surface area (Å²) < 4.78 is 10.0. The topological polar surface area (TPSA) is 59.9 Å². The van der Waals surface area contributed by atoms with Crippen molar-refractivity contribution in [2.24, 2.45) is 0 Å². The monoisotopic (exact) mass is 354 g/mol. The molecule has 0 aliphatic carbocycles. The number of hydrogen-bond donors (Lipinski definition) is 1. The molecule has 0 spiro atoms. The van der Waals surface area contributed by atoms with Crippen LogP contribution in [0.15, 0.2) is 48.7 Å². The van der Waals surface area contributed by atoms with E-state index in [1.54, 1.807) is 13.3 Å². The van der Waals surface area contributed by atoms with Crippen molar-refractivity contribution < 1.29 is 4.74 Å². The van der Waals surface area contributed by atoms with Crippen LogP contribution in [-0.4, -0.2) is 21.5 Å². The number of nitrogens with one attached hydrogen (secondary N) is 1. The van der Waals surface area contributed by atoms with Gasteiger partial charge in [-0.1, -0.05) is 45.0 Å². The Hall–Kier alpha value is -2.47. The highest BCUT2D eigenvalue weighted by molar-refractivity contribution is 7.09.